The number of hydrogen-bond donors (Lipinski definition) is 1. The average molecular weight is 413 g/mol. The fraction of sp³-hybridized carbons (Fsp3) is 0.412. The Hall–Kier alpha value is -2.04. The molecular weight excluding hydrogens is 393 g/mol. The number of carbonyl (C=O) groups is 1. The average Bonchev–Trinajstić information content (AvgIpc) is 3.09. The maximum absolute atomic E-state index is 13.6. The van der Waals surface area contributed by atoms with Gasteiger partial charge in [-0.05, 0) is 31.0 Å². The lowest BCUT2D eigenvalue weighted by atomic mass is 10.0. The van der Waals surface area contributed by atoms with Crippen LogP contribution in [0.2, 0.25) is 0 Å². The number of aromatic nitrogens is 1. The van der Waals surface area contributed by atoms with Gasteiger partial charge in [0.2, 0.25) is 15.9 Å². The van der Waals surface area contributed by atoms with Crippen LogP contribution in [0.4, 0.5) is 9.52 Å². The summed E-state index contributed by atoms with van der Waals surface area (Å²) >= 11 is 1.18. The molecule has 1 fully saturated rings. The van der Waals surface area contributed by atoms with Crippen molar-refractivity contribution in [2.45, 2.75) is 25.3 Å². The lowest BCUT2D eigenvalue weighted by Crippen LogP contribution is -2.49. The lowest BCUT2D eigenvalue weighted by molar-refractivity contribution is -0.120. The first-order valence-corrected chi connectivity index (χ1v) is 11.1. The van der Waals surface area contributed by atoms with E-state index in [9.17, 15) is 17.6 Å². The van der Waals surface area contributed by atoms with Gasteiger partial charge in [-0.15, -0.1) is 11.3 Å². The van der Waals surface area contributed by atoms with E-state index in [1.54, 1.807) is 5.38 Å². The van der Waals surface area contributed by atoms with Crippen molar-refractivity contribution < 1.29 is 22.3 Å². The zero-order chi connectivity index (χ0) is 19.6. The number of amides is 1. The Balaban J connectivity index is 1.79. The second-order valence-electron chi connectivity index (χ2n) is 6.26. The zero-order valence-electron chi connectivity index (χ0n) is 14.9. The Bertz CT molecular complexity index is 945. The Kier molecular flexibility index (Phi) is 5.78. The number of nitrogens with one attached hydrogen (secondary N) is 1. The first kappa shape index (κ1) is 19.7. The van der Waals surface area contributed by atoms with E-state index in [1.165, 1.54) is 41.0 Å². The Labute approximate surface area is 161 Å². The zero-order valence-corrected chi connectivity index (χ0v) is 16.6. The van der Waals surface area contributed by atoms with Crippen molar-refractivity contribution in [3.05, 3.63) is 29.4 Å². The molecule has 1 N–H and O–H groups in total. The first-order valence-electron chi connectivity index (χ1n) is 8.36. The van der Waals surface area contributed by atoms with Gasteiger partial charge >= 0.3 is 0 Å². The summed E-state index contributed by atoms with van der Waals surface area (Å²) in [5.41, 5.74) is 0.944. The SMILES string of the molecule is COc1ccc(F)cc1-c1csc(NC(=O)C2CCCCN2S(C)(=O)=O)n1. The number of carbonyl (C=O) groups excluding carboxylic acids is 1. The number of halogens is 1. The molecule has 1 amide bonds. The summed E-state index contributed by atoms with van der Waals surface area (Å²) in [7, 11) is -1.99. The number of sulfonamides is 1. The Morgan fingerprint density at radius 3 is 2.89 bits per heavy atom. The normalized spacial score (nSPS) is 18.3. The molecule has 146 valence electrons. The van der Waals surface area contributed by atoms with Gasteiger partial charge in [-0.2, -0.15) is 4.31 Å². The molecule has 2 heterocycles. The third-order valence-corrected chi connectivity index (χ3v) is 6.40. The maximum atomic E-state index is 13.6. The molecule has 0 spiro atoms. The third kappa shape index (κ3) is 4.45. The lowest BCUT2D eigenvalue weighted by Gasteiger charge is -2.32. The summed E-state index contributed by atoms with van der Waals surface area (Å²) in [6, 6.07) is 3.37. The quantitative estimate of drug-likeness (QED) is 0.814. The molecule has 0 saturated carbocycles. The molecule has 1 aliphatic heterocycles. The molecule has 27 heavy (non-hydrogen) atoms. The molecule has 0 aliphatic carbocycles. The van der Waals surface area contributed by atoms with Crippen LogP contribution in [0.5, 0.6) is 5.75 Å². The van der Waals surface area contributed by atoms with Gasteiger partial charge in [-0.3, -0.25) is 4.79 Å². The van der Waals surface area contributed by atoms with Crippen LogP contribution >= 0.6 is 11.3 Å². The number of rotatable bonds is 5. The van der Waals surface area contributed by atoms with Crippen molar-refractivity contribution in [2.75, 3.05) is 25.2 Å². The standard InChI is InChI=1S/C17H20FN3O4S2/c1-25-15-7-6-11(18)9-12(15)13-10-26-17(19-13)20-16(22)14-5-3-4-8-21(14)27(2,23)24/h6-7,9-10,14H,3-5,8H2,1-2H3,(H,19,20,22). The van der Waals surface area contributed by atoms with Gasteiger partial charge in [0.1, 0.15) is 17.6 Å². The van der Waals surface area contributed by atoms with E-state index in [4.69, 9.17) is 4.74 Å². The van der Waals surface area contributed by atoms with E-state index in [1.807, 2.05) is 0 Å². The highest BCUT2D eigenvalue weighted by atomic mass is 32.2. The van der Waals surface area contributed by atoms with Crippen LogP contribution < -0.4 is 10.1 Å². The van der Waals surface area contributed by atoms with Crippen LogP contribution in [-0.2, 0) is 14.8 Å². The molecule has 7 nitrogen and oxygen atoms in total. The monoisotopic (exact) mass is 413 g/mol. The molecule has 1 aromatic carbocycles. The molecular formula is C17H20FN3O4S2. The number of thiazole rings is 1. The minimum absolute atomic E-state index is 0.320. The van der Waals surface area contributed by atoms with Gasteiger partial charge in [0.25, 0.3) is 0 Å². The molecule has 2 aromatic rings. The van der Waals surface area contributed by atoms with Crippen molar-refractivity contribution in [3.8, 4) is 17.0 Å². The van der Waals surface area contributed by atoms with Crippen LogP contribution in [0.25, 0.3) is 11.3 Å². The fourth-order valence-electron chi connectivity index (χ4n) is 3.09. The van der Waals surface area contributed by atoms with Gasteiger partial charge in [0.15, 0.2) is 5.13 Å². The van der Waals surface area contributed by atoms with E-state index in [2.05, 4.69) is 10.3 Å². The van der Waals surface area contributed by atoms with Crippen molar-refractivity contribution in [1.82, 2.24) is 9.29 Å². The molecule has 1 saturated heterocycles. The summed E-state index contributed by atoms with van der Waals surface area (Å²) in [5, 5.41) is 4.69. The second-order valence-corrected chi connectivity index (χ2v) is 9.05. The van der Waals surface area contributed by atoms with E-state index in [0.29, 0.717) is 35.1 Å². The molecule has 1 atom stereocenters. The van der Waals surface area contributed by atoms with Crippen molar-refractivity contribution in [1.29, 1.82) is 0 Å². The number of ether oxygens (including phenoxy) is 1. The molecule has 0 bridgehead atoms. The predicted molar refractivity (Wildman–Crippen MR) is 102 cm³/mol. The molecule has 1 aliphatic rings. The van der Waals surface area contributed by atoms with Crippen molar-refractivity contribution in [2.24, 2.45) is 0 Å². The third-order valence-electron chi connectivity index (χ3n) is 4.35. The Morgan fingerprint density at radius 1 is 1.41 bits per heavy atom. The number of nitrogens with zero attached hydrogens (tertiary/aromatic N) is 2. The van der Waals surface area contributed by atoms with Gasteiger partial charge in [-0.1, -0.05) is 6.42 Å². The topological polar surface area (TPSA) is 88.6 Å². The summed E-state index contributed by atoms with van der Waals surface area (Å²) in [4.78, 5) is 16.9. The van der Waals surface area contributed by atoms with Crippen LogP contribution in [-0.4, -0.2) is 49.6 Å². The van der Waals surface area contributed by atoms with Crippen LogP contribution in [0.15, 0.2) is 23.6 Å². The fourth-order valence-corrected chi connectivity index (χ4v) is 4.93. The van der Waals surface area contributed by atoms with Crippen LogP contribution in [0.1, 0.15) is 19.3 Å². The number of hydrogen-bond acceptors (Lipinski definition) is 6. The predicted octanol–water partition coefficient (Wildman–Crippen LogP) is 2.71. The van der Waals surface area contributed by atoms with Gasteiger partial charge < -0.3 is 10.1 Å². The van der Waals surface area contributed by atoms with E-state index in [-0.39, 0.29) is 0 Å². The highest BCUT2D eigenvalue weighted by Crippen LogP contribution is 2.33. The summed E-state index contributed by atoms with van der Waals surface area (Å²) in [6.45, 7) is 0.334. The summed E-state index contributed by atoms with van der Waals surface area (Å²) in [5.74, 6) is -0.363. The van der Waals surface area contributed by atoms with Gasteiger partial charge in [-0.25, -0.2) is 17.8 Å². The second kappa shape index (κ2) is 7.91. The number of benzene rings is 1. The Morgan fingerprint density at radius 2 is 2.19 bits per heavy atom. The highest BCUT2D eigenvalue weighted by Gasteiger charge is 2.34. The van der Waals surface area contributed by atoms with E-state index in [0.717, 1.165) is 19.1 Å². The number of anilines is 1. The summed E-state index contributed by atoms with van der Waals surface area (Å²) < 4.78 is 43.9. The molecule has 1 unspecified atom stereocenters. The molecule has 3 rings (SSSR count). The minimum Gasteiger partial charge on any atom is -0.496 e. The highest BCUT2D eigenvalue weighted by molar-refractivity contribution is 7.88. The van der Waals surface area contributed by atoms with Gasteiger partial charge in [0, 0.05) is 17.5 Å². The number of piperidine rings is 1. The van der Waals surface area contributed by atoms with Crippen LogP contribution in [0, 0.1) is 5.82 Å². The molecule has 0 radical (unpaired) electrons. The molecule has 1 aromatic heterocycles. The van der Waals surface area contributed by atoms with Crippen molar-refractivity contribution in [3.63, 3.8) is 0 Å². The van der Waals surface area contributed by atoms with Crippen LogP contribution in [0.3, 0.4) is 0 Å². The van der Waals surface area contributed by atoms with E-state index < -0.39 is 27.8 Å². The number of methoxy groups -OCH3 is 1. The first-order chi connectivity index (χ1) is 12.8. The largest absolute Gasteiger partial charge is 0.496 e. The maximum Gasteiger partial charge on any atom is 0.244 e. The van der Waals surface area contributed by atoms with E-state index >= 15 is 0 Å². The van der Waals surface area contributed by atoms with Crippen molar-refractivity contribution >= 4 is 32.4 Å². The smallest absolute Gasteiger partial charge is 0.244 e. The molecule has 10 heteroatoms. The minimum atomic E-state index is -3.47. The van der Waals surface area contributed by atoms with Gasteiger partial charge in [0.05, 0.1) is 19.1 Å². The summed E-state index contributed by atoms with van der Waals surface area (Å²) in [6.07, 6.45) is 3.09.